The number of carbonyl (C=O) groups excluding carboxylic acids is 2. The van der Waals surface area contributed by atoms with Crippen molar-refractivity contribution in [3.05, 3.63) is 23.8 Å². The summed E-state index contributed by atoms with van der Waals surface area (Å²) in [5, 5.41) is 10.0. The fourth-order valence-electron chi connectivity index (χ4n) is 5.97. The lowest BCUT2D eigenvalue weighted by atomic mass is 9.54. The third-order valence-corrected chi connectivity index (χ3v) is 7.58. The fourth-order valence-corrected chi connectivity index (χ4v) is 5.97. The highest BCUT2D eigenvalue weighted by Gasteiger charge is 2.51. The molecule has 0 bridgehead atoms. The van der Waals surface area contributed by atoms with Gasteiger partial charge in [-0.3, -0.25) is 14.8 Å². The summed E-state index contributed by atoms with van der Waals surface area (Å²) >= 11 is 0. The van der Waals surface area contributed by atoms with Gasteiger partial charge in [0.25, 0.3) is 0 Å². The molecule has 5 atom stereocenters. The molecule has 3 aliphatic carbocycles. The van der Waals surface area contributed by atoms with Crippen molar-refractivity contribution in [1.82, 2.24) is 0 Å². The number of allylic oxidation sites excluding steroid dienone is 4. The largest absolute Gasteiger partial charge is 0.299 e. The summed E-state index contributed by atoms with van der Waals surface area (Å²) in [4.78, 5) is 29.9. The quantitative estimate of drug-likeness (QED) is 0.406. The summed E-state index contributed by atoms with van der Waals surface area (Å²) in [5.74, 6) is 7.09. The SMILES string of the molecule is CCC(=O)C1CCC#CC[C@@H]2CCC3=CC(=O)C=C[C@]3(C)C2C(OO)CC1(C)C. The fraction of sp³-hybridized carbons (Fsp3) is 0.680. The Balaban J connectivity index is 2.04. The molecule has 0 aromatic rings. The molecule has 1 saturated carbocycles. The Morgan fingerprint density at radius 3 is 2.72 bits per heavy atom. The molecular weight excluding hydrogens is 364 g/mol. The average molecular weight is 399 g/mol. The van der Waals surface area contributed by atoms with Crippen molar-refractivity contribution in [1.29, 1.82) is 0 Å². The third kappa shape index (κ3) is 4.27. The van der Waals surface area contributed by atoms with Gasteiger partial charge >= 0.3 is 0 Å². The van der Waals surface area contributed by atoms with E-state index in [0.717, 1.165) is 37.7 Å². The summed E-state index contributed by atoms with van der Waals surface area (Å²) < 4.78 is 0. The number of hydrogen-bond acceptors (Lipinski definition) is 4. The Hall–Kier alpha value is -1.70. The number of carbonyl (C=O) groups is 2. The van der Waals surface area contributed by atoms with Crippen LogP contribution in [0.5, 0.6) is 0 Å². The van der Waals surface area contributed by atoms with Gasteiger partial charge in [0.15, 0.2) is 5.78 Å². The van der Waals surface area contributed by atoms with E-state index in [1.807, 2.05) is 13.0 Å². The predicted octanol–water partition coefficient (Wildman–Crippen LogP) is 5.14. The smallest absolute Gasteiger partial charge is 0.178 e. The van der Waals surface area contributed by atoms with Gasteiger partial charge in [-0.05, 0) is 49.2 Å². The lowest BCUT2D eigenvalue weighted by molar-refractivity contribution is -0.307. The molecule has 0 aromatic heterocycles. The minimum Gasteiger partial charge on any atom is -0.299 e. The highest BCUT2D eigenvalue weighted by Crippen LogP contribution is 2.55. The minimum absolute atomic E-state index is 0.000837. The van der Waals surface area contributed by atoms with Crippen LogP contribution in [-0.4, -0.2) is 22.9 Å². The maximum atomic E-state index is 12.7. The second-order valence-corrected chi connectivity index (χ2v) is 9.82. The van der Waals surface area contributed by atoms with Crippen LogP contribution < -0.4 is 0 Å². The monoisotopic (exact) mass is 398 g/mol. The van der Waals surface area contributed by atoms with Gasteiger partial charge < -0.3 is 0 Å². The molecule has 3 unspecified atom stereocenters. The highest BCUT2D eigenvalue weighted by molar-refractivity contribution is 6.01. The molecule has 1 N–H and O–H groups in total. The topological polar surface area (TPSA) is 63.6 Å². The van der Waals surface area contributed by atoms with E-state index >= 15 is 0 Å². The van der Waals surface area contributed by atoms with E-state index in [1.165, 1.54) is 0 Å². The van der Waals surface area contributed by atoms with Crippen molar-refractivity contribution in [2.45, 2.75) is 78.7 Å². The molecule has 29 heavy (non-hydrogen) atoms. The number of ketones is 2. The highest BCUT2D eigenvalue weighted by atomic mass is 17.1. The molecule has 3 aliphatic rings. The van der Waals surface area contributed by atoms with Gasteiger partial charge in [0.05, 0.1) is 6.10 Å². The zero-order chi connectivity index (χ0) is 21.2. The summed E-state index contributed by atoms with van der Waals surface area (Å²) in [5.41, 5.74) is 0.457. The first-order valence-corrected chi connectivity index (χ1v) is 11.0. The lowest BCUT2D eigenvalue weighted by Crippen LogP contribution is -2.48. The van der Waals surface area contributed by atoms with Crippen molar-refractivity contribution < 1.29 is 19.7 Å². The second kappa shape index (κ2) is 8.58. The van der Waals surface area contributed by atoms with Crippen LogP contribution in [0.2, 0.25) is 0 Å². The van der Waals surface area contributed by atoms with Crippen molar-refractivity contribution in [3.8, 4) is 11.8 Å². The summed E-state index contributed by atoms with van der Waals surface area (Å²) in [7, 11) is 0. The summed E-state index contributed by atoms with van der Waals surface area (Å²) in [6, 6.07) is 0. The van der Waals surface area contributed by atoms with E-state index in [4.69, 9.17) is 4.89 Å². The Bertz CT molecular complexity index is 778. The Labute approximate surface area is 174 Å². The summed E-state index contributed by atoms with van der Waals surface area (Å²) in [6.45, 7) is 8.28. The molecule has 0 aliphatic heterocycles. The van der Waals surface area contributed by atoms with Gasteiger partial charge in [-0.1, -0.05) is 39.3 Å². The van der Waals surface area contributed by atoms with Crippen molar-refractivity contribution >= 4 is 11.6 Å². The zero-order valence-corrected chi connectivity index (χ0v) is 18.2. The molecule has 1 fully saturated rings. The van der Waals surface area contributed by atoms with Crippen LogP contribution in [0, 0.1) is 40.4 Å². The third-order valence-electron chi connectivity index (χ3n) is 7.58. The van der Waals surface area contributed by atoms with E-state index in [-0.39, 0.29) is 40.2 Å². The van der Waals surface area contributed by atoms with E-state index in [2.05, 4.69) is 32.6 Å². The molecule has 3 rings (SSSR count). The molecule has 4 heteroatoms. The Morgan fingerprint density at radius 2 is 2.03 bits per heavy atom. The van der Waals surface area contributed by atoms with Crippen LogP contribution in [0.1, 0.15) is 72.6 Å². The Morgan fingerprint density at radius 1 is 1.28 bits per heavy atom. The van der Waals surface area contributed by atoms with E-state index in [9.17, 15) is 14.8 Å². The number of hydrogen-bond donors (Lipinski definition) is 1. The van der Waals surface area contributed by atoms with Crippen LogP contribution in [-0.2, 0) is 14.5 Å². The van der Waals surface area contributed by atoms with Crippen LogP contribution in [0.3, 0.4) is 0 Å². The molecule has 0 heterocycles. The molecule has 158 valence electrons. The van der Waals surface area contributed by atoms with Crippen molar-refractivity contribution in [3.63, 3.8) is 0 Å². The predicted molar refractivity (Wildman–Crippen MR) is 113 cm³/mol. The van der Waals surface area contributed by atoms with Crippen LogP contribution in [0.25, 0.3) is 0 Å². The minimum atomic E-state index is -0.423. The first-order chi connectivity index (χ1) is 13.7. The lowest BCUT2D eigenvalue weighted by Gasteiger charge is -2.50. The van der Waals surface area contributed by atoms with Crippen LogP contribution >= 0.6 is 0 Å². The number of fused-ring (bicyclic) bond motifs is 3. The molecule has 0 amide bonds. The van der Waals surface area contributed by atoms with E-state index in [0.29, 0.717) is 12.8 Å². The molecule has 0 spiro atoms. The van der Waals surface area contributed by atoms with Gasteiger partial charge in [0, 0.05) is 36.5 Å². The maximum absolute atomic E-state index is 12.7. The molecule has 4 nitrogen and oxygen atoms in total. The molecule has 0 aromatic carbocycles. The molecule has 0 saturated heterocycles. The molecule has 0 radical (unpaired) electrons. The first kappa shape index (κ1) is 22.0. The van der Waals surface area contributed by atoms with Crippen molar-refractivity contribution in [2.24, 2.45) is 28.6 Å². The maximum Gasteiger partial charge on any atom is 0.178 e. The van der Waals surface area contributed by atoms with Crippen LogP contribution in [0.4, 0.5) is 0 Å². The van der Waals surface area contributed by atoms with Gasteiger partial charge in [-0.15, -0.1) is 11.8 Å². The van der Waals surface area contributed by atoms with Gasteiger partial charge in [0.2, 0.25) is 0 Å². The second-order valence-electron chi connectivity index (χ2n) is 9.82. The summed E-state index contributed by atoms with van der Waals surface area (Å²) in [6.07, 6.45) is 10.1. The van der Waals surface area contributed by atoms with E-state index in [1.54, 1.807) is 12.2 Å². The van der Waals surface area contributed by atoms with Gasteiger partial charge in [-0.25, -0.2) is 4.89 Å². The Kier molecular flexibility index (Phi) is 6.51. The van der Waals surface area contributed by atoms with Gasteiger partial charge in [-0.2, -0.15) is 0 Å². The normalized spacial score (nSPS) is 36.6. The van der Waals surface area contributed by atoms with E-state index < -0.39 is 6.10 Å². The van der Waals surface area contributed by atoms with Gasteiger partial charge in [0.1, 0.15) is 5.78 Å². The van der Waals surface area contributed by atoms with Crippen LogP contribution in [0.15, 0.2) is 23.8 Å². The zero-order valence-electron chi connectivity index (χ0n) is 18.2. The first-order valence-electron chi connectivity index (χ1n) is 11.0. The number of Topliss-reactive ketones (excluding diaryl/α,β-unsaturated/α-hetero) is 1. The van der Waals surface area contributed by atoms with Crippen molar-refractivity contribution in [2.75, 3.05) is 0 Å². The molecular formula is C25H34O4. The average Bonchev–Trinajstić information content (AvgIpc) is 2.70. The number of rotatable bonds is 3. The standard InChI is InChI=1S/C25H34O4/c1-5-21(27)20-10-8-6-7-9-17-11-12-18-15-19(26)13-14-25(18,4)23(17)22(29-28)16-24(20,2)3/h13-15,17,20,22-23,28H,5,8-12,16H2,1-4H3/t17-,20?,22?,23?,25+/m1/s1.